The summed E-state index contributed by atoms with van der Waals surface area (Å²) >= 11 is 1.33. The Labute approximate surface area is 181 Å². The highest BCUT2D eigenvalue weighted by atomic mass is 32.2. The highest BCUT2D eigenvalue weighted by molar-refractivity contribution is 7.98. The summed E-state index contributed by atoms with van der Waals surface area (Å²) in [5.74, 6) is -1.69. The molecule has 0 aliphatic carbocycles. The van der Waals surface area contributed by atoms with Gasteiger partial charge in [0.1, 0.15) is 11.6 Å². The first kappa shape index (κ1) is 20.8. The number of carbonyl (C=O) groups is 2. The molecule has 9 heteroatoms. The molecule has 158 valence electrons. The van der Waals surface area contributed by atoms with Crippen molar-refractivity contribution in [1.82, 2.24) is 9.97 Å². The second kappa shape index (κ2) is 8.73. The number of aromatic amines is 1. The normalized spacial score (nSPS) is 15.2. The van der Waals surface area contributed by atoms with Crippen LogP contribution in [0.4, 0.5) is 15.9 Å². The first-order valence-electron chi connectivity index (χ1n) is 9.58. The van der Waals surface area contributed by atoms with E-state index in [9.17, 15) is 18.8 Å². The number of benzene rings is 2. The molecule has 1 atom stereocenters. The fourth-order valence-corrected chi connectivity index (χ4v) is 4.16. The van der Waals surface area contributed by atoms with E-state index in [1.807, 2.05) is 31.2 Å². The third-order valence-electron chi connectivity index (χ3n) is 4.82. The molecular formula is C22H19FN4O3S. The van der Waals surface area contributed by atoms with E-state index >= 15 is 0 Å². The molecule has 7 nitrogen and oxygen atoms in total. The maximum Gasteiger partial charge on any atom is 0.257 e. The minimum absolute atomic E-state index is 0.0889. The van der Waals surface area contributed by atoms with Gasteiger partial charge in [-0.15, -0.1) is 0 Å². The van der Waals surface area contributed by atoms with Gasteiger partial charge in [0.05, 0.1) is 11.5 Å². The second-order valence-corrected chi connectivity index (χ2v) is 8.18. The predicted molar refractivity (Wildman–Crippen MR) is 117 cm³/mol. The molecule has 4 rings (SSSR count). The lowest BCUT2D eigenvalue weighted by Crippen LogP contribution is -2.36. The van der Waals surface area contributed by atoms with Crippen LogP contribution in [-0.4, -0.2) is 21.8 Å². The number of halogens is 1. The summed E-state index contributed by atoms with van der Waals surface area (Å²) in [6.45, 7) is 2.00. The third kappa shape index (κ3) is 4.83. The smallest absolute Gasteiger partial charge is 0.257 e. The largest absolute Gasteiger partial charge is 0.326 e. The first-order valence-corrected chi connectivity index (χ1v) is 10.6. The van der Waals surface area contributed by atoms with Crippen molar-refractivity contribution in [3.05, 3.63) is 81.4 Å². The quantitative estimate of drug-likeness (QED) is 0.417. The van der Waals surface area contributed by atoms with E-state index in [-0.39, 0.29) is 17.8 Å². The van der Waals surface area contributed by atoms with Crippen molar-refractivity contribution in [2.45, 2.75) is 30.2 Å². The first-order chi connectivity index (χ1) is 14.9. The minimum Gasteiger partial charge on any atom is -0.326 e. The zero-order valence-corrected chi connectivity index (χ0v) is 17.4. The maximum atomic E-state index is 13.1. The van der Waals surface area contributed by atoms with E-state index < -0.39 is 29.1 Å². The van der Waals surface area contributed by atoms with Crippen molar-refractivity contribution in [2.75, 3.05) is 10.6 Å². The Hall–Kier alpha value is -3.46. The standard InChI is InChI=1S/C22H19FN4O3S/c1-12-3-2-4-13(9-12)11-31-22-26-19-18(21(30)27-22)16(10-17(28)25-19)20(29)24-15-7-5-14(23)6-8-15/h2-9,16H,10-11H2,1H3,(H,24,29)(H2,25,26,27,28,30)/t16-/m1/s1. The number of fused-ring (bicyclic) bond motifs is 1. The molecule has 2 heterocycles. The molecule has 0 bridgehead atoms. The van der Waals surface area contributed by atoms with Crippen LogP contribution in [0.2, 0.25) is 0 Å². The third-order valence-corrected chi connectivity index (χ3v) is 5.76. The number of rotatable bonds is 5. The van der Waals surface area contributed by atoms with Gasteiger partial charge in [0, 0.05) is 17.9 Å². The number of carbonyl (C=O) groups excluding carboxylic acids is 2. The molecular weight excluding hydrogens is 419 g/mol. The molecule has 0 radical (unpaired) electrons. The Morgan fingerprint density at radius 2 is 2.00 bits per heavy atom. The lowest BCUT2D eigenvalue weighted by Gasteiger charge is -2.23. The molecule has 0 saturated carbocycles. The highest BCUT2D eigenvalue weighted by Gasteiger charge is 2.34. The molecule has 1 aromatic heterocycles. The molecule has 0 spiro atoms. The molecule has 0 saturated heterocycles. The van der Waals surface area contributed by atoms with E-state index in [0.29, 0.717) is 16.6 Å². The van der Waals surface area contributed by atoms with E-state index in [1.165, 1.54) is 36.0 Å². The zero-order valence-electron chi connectivity index (χ0n) is 16.6. The van der Waals surface area contributed by atoms with Crippen molar-refractivity contribution < 1.29 is 14.0 Å². The Kier molecular flexibility index (Phi) is 5.85. The van der Waals surface area contributed by atoms with Crippen molar-refractivity contribution in [2.24, 2.45) is 0 Å². The van der Waals surface area contributed by atoms with Gasteiger partial charge in [0.25, 0.3) is 5.56 Å². The lowest BCUT2D eigenvalue weighted by molar-refractivity contribution is -0.123. The summed E-state index contributed by atoms with van der Waals surface area (Å²) in [6, 6.07) is 13.2. The molecule has 31 heavy (non-hydrogen) atoms. The number of amides is 2. The predicted octanol–water partition coefficient (Wildman–Crippen LogP) is 3.57. The van der Waals surface area contributed by atoms with E-state index in [4.69, 9.17) is 0 Å². The van der Waals surface area contributed by atoms with Crippen LogP contribution in [0.5, 0.6) is 0 Å². The van der Waals surface area contributed by atoms with E-state index in [0.717, 1.165) is 11.1 Å². The summed E-state index contributed by atoms with van der Waals surface area (Å²) < 4.78 is 13.1. The monoisotopic (exact) mass is 438 g/mol. The SMILES string of the molecule is Cc1cccc(CSc2nc3c(c(=O)[nH]2)[C@H](C(=O)Nc2ccc(F)cc2)CC(=O)N3)c1. The lowest BCUT2D eigenvalue weighted by atomic mass is 9.92. The van der Waals surface area contributed by atoms with Crippen LogP contribution in [0.25, 0.3) is 0 Å². The highest BCUT2D eigenvalue weighted by Crippen LogP contribution is 2.31. The second-order valence-electron chi connectivity index (χ2n) is 7.21. The molecule has 2 amide bonds. The van der Waals surface area contributed by atoms with Crippen molar-refractivity contribution >= 4 is 35.1 Å². The number of hydrogen-bond acceptors (Lipinski definition) is 5. The minimum atomic E-state index is -0.999. The molecule has 3 aromatic rings. The Morgan fingerprint density at radius 1 is 1.23 bits per heavy atom. The number of thioether (sulfide) groups is 1. The fourth-order valence-electron chi connectivity index (χ4n) is 3.36. The Bertz CT molecular complexity index is 1210. The van der Waals surface area contributed by atoms with Gasteiger partial charge in [-0.25, -0.2) is 9.37 Å². The van der Waals surface area contributed by atoms with E-state index in [1.54, 1.807) is 0 Å². The van der Waals surface area contributed by atoms with Crippen LogP contribution in [0.1, 0.15) is 29.0 Å². The van der Waals surface area contributed by atoms with Gasteiger partial charge in [0.15, 0.2) is 5.16 Å². The van der Waals surface area contributed by atoms with Gasteiger partial charge in [-0.3, -0.25) is 14.4 Å². The van der Waals surface area contributed by atoms with Crippen LogP contribution in [-0.2, 0) is 15.3 Å². The fraction of sp³-hybridized carbons (Fsp3) is 0.182. The van der Waals surface area contributed by atoms with Crippen LogP contribution < -0.4 is 16.2 Å². The molecule has 1 aliphatic rings. The molecule has 0 fully saturated rings. The number of anilines is 2. The van der Waals surface area contributed by atoms with Gasteiger partial charge < -0.3 is 15.6 Å². The van der Waals surface area contributed by atoms with Crippen LogP contribution in [0.15, 0.2) is 58.5 Å². The average Bonchev–Trinajstić information content (AvgIpc) is 2.73. The number of hydrogen-bond donors (Lipinski definition) is 3. The van der Waals surface area contributed by atoms with Crippen LogP contribution in [0.3, 0.4) is 0 Å². The van der Waals surface area contributed by atoms with Crippen molar-refractivity contribution in [3.8, 4) is 0 Å². The zero-order chi connectivity index (χ0) is 22.0. The summed E-state index contributed by atoms with van der Waals surface area (Å²) in [4.78, 5) is 44.8. The molecule has 0 unspecified atom stereocenters. The van der Waals surface area contributed by atoms with Gasteiger partial charge in [-0.05, 0) is 36.8 Å². The molecule has 3 N–H and O–H groups in total. The summed E-state index contributed by atoms with van der Waals surface area (Å²) in [5.41, 5.74) is 2.21. The topological polar surface area (TPSA) is 104 Å². The van der Waals surface area contributed by atoms with Crippen molar-refractivity contribution in [3.63, 3.8) is 0 Å². The van der Waals surface area contributed by atoms with E-state index in [2.05, 4.69) is 20.6 Å². The Balaban J connectivity index is 1.57. The summed E-state index contributed by atoms with van der Waals surface area (Å²) in [5, 5.41) is 5.57. The van der Waals surface area contributed by atoms with Crippen LogP contribution in [0, 0.1) is 12.7 Å². The van der Waals surface area contributed by atoms with Gasteiger partial charge in [-0.1, -0.05) is 41.6 Å². The average molecular weight is 438 g/mol. The maximum absolute atomic E-state index is 13.1. The molecule has 1 aliphatic heterocycles. The molecule has 2 aromatic carbocycles. The van der Waals surface area contributed by atoms with Crippen molar-refractivity contribution in [1.29, 1.82) is 0 Å². The number of H-pyrrole nitrogens is 1. The summed E-state index contributed by atoms with van der Waals surface area (Å²) in [6.07, 6.45) is -0.180. The Morgan fingerprint density at radius 3 is 2.74 bits per heavy atom. The van der Waals surface area contributed by atoms with Gasteiger partial charge in [0.2, 0.25) is 11.8 Å². The van der Waals surface area contributed by atoms with Gasteiger partial charge in [-0.2, -0.15) is 0 Å². The van der Waals surface area contributed by atoms with Crippen LogP contribution >= 0.6 is 11.8 Å². The summed E-state index contributed by atoms with van der Waals surface area (Å²) in [7, 11) is 0. The number of nitrogens with one attached hydrogen (secondary N) is 3. The van der Waals surface area contributed by atoms with Gasteiger partial charge >= 0.3 is 0 Å². The number of aryl methyl sites for hydroxylation is 1. The number of nitrogens with zero attached hydrogens (tertiary/aromatic N) is 1. The number of aromatic nitrogens is 2.